The molecule has 8 heteroatoms. The van der Waals surface area contributed by atoms with Gasteiger partial charge in [0.05, 0.1) is 18.4 Å². The molecule has 2 aromatic rings. The van der Waals surface area contributed by atoms with Crippen LogP contribution in [0.15, 0.2) is 18.2 Å². The average Bonchev–Trinajstić information content (AvgIpc) is 3.05. The summed E-state index contributed by atoms with van der Waals surface area (Å²) in [4.78, 5) is 28.5. The first kappa shape index (κ1) is 23.8. The summed E-state index contributed by atoms with van der Waals surface area (Å²) >= 11 is 0. The third-order valence-electron chi connectivity index (χ3n) is 4.48. The summed E-state index contributed by atoms with van der Waals surface area (Å²) in [5.74, 6) is -0.705. The van der Waals surface area contributed by atoms with Crippen molar-refractivity contribution in [3.8, 4) is 0 Å². The van der Waals surface area contributed by atoms with Crippen molar-refractivity contribution in [1.82, 2.24) is 9.55 Å². The highest BCUT2D eigenvalue weighted by Crippen LogP contribution is 2.22. The molecule has 0 aliphatic heterocycles. The minimum Gasteiger partial charge on any atom is -0.464 e. The van der Waals surface area contributed by atoms with E-state index in [1.165, 1.54) is 0 Å². The predicted molar refractivity (Wildman–Crippen MR) is 114 cm³/mol. The lowest BCUT2D eigenvalue weighted by Crippen LogP contribution is -2.17. The first-order valence-corrected chi connectivity index (χ1v) is 10.5. The van der Waals surface area contributed by atoms with Gasteiger partial charge >= 0.3 is 11.9 Å². The van der Waals surface area contributed by atoms with Gasteiger partial charge in [0.15, 0.2) is 0 Å². The Morgan fingerprint density at radius 3 is 2.60 bits per heavy atom. The number of aromatic nitrogens is 2. The molecule has 0 spiro atoms. The number of carbonyl (C=O) groups excluding carboxylic acids is 2. The van der Waals surface area contributed by atoms with Gasteiger partial charge in [0, 0.05) is 24.6 Å². The van der Waals surface area contributed by atoms with Crippen LogP contribution >= 0.6 is 0 Å². The number of ether oxygens (including phenoxy) is 3. The van der Waals surface area contributed by atoms with Crippen LogP contribution in [0.5, 0.6) is 0 Å². The SMILES string of the molecule is CCOC(=O)COCCCCCn1c(C(=O)OC(C)C)cc2ccc([C@@H](C)N)nc21. The molecule has 30 heavy (non-hydrogen) atoms. The van der Waals surface area contributed by atoms with E-state index < -0.39 is 0 Å². The molecule has 166 valence electrons. The minimum atomic E-state index is -0.358. The fourth-order valence-electron chi connectivity index (χ4n) is 3.07. The lowest BCUT2D eigenvalue weighted by molar-refractivity contribution is -0.148. The first-order valence-electron chi connectivity index (χ1n) is 10.5. The van der Waals surface area contributed by atoms with Crippen LogP contribution in [0.25, 0.3) is 11.0 Å². The fraction of sp³-hybridized carbons (Fsp3) is 0.591. The van der Waals surface area contributed by atoms with Crippen LogP contribution in [0.4, 0.5) is 0 Å². The molecular weight excluding hydrogens is 386 g/mol. The number of nitrogens with zero attached hydrogens (tertiary/aromatic N) is 2. The number of unbranched alkanes of at least 4 members (excludes halogenated alkanes) is 2. The molecule has 1 atom stereocenters. The molecule has 0 aliphatic carbocycles. The van der Waals surface area contributed by atoms with Gasteiger partial charge in [-0.2, -0.15) is 0 Å². The van der Waals surface area contributed by atoms with E-state index in [0.717, 1.165) is 36.0 Å². The van der Waals surface area contributed by atoms with E-state index in [4.69, 9.17) is 19.9 Å². The quantitative estimate of drug-likeness (QED) is 0.415. The van der Waals surface area contributed by atoms with Gasteiger partial charge in [-0.25, -0.2) is 14.6 Å². The highest BCUT2D eigenvalue weighted by molar-refractivity contribution is 5.94. The van der Waals surface area contributed by atoms with Crippen LogP contribution in [-0.2, 0) is 25.5 Å². The Bertz CT molecular complexity index is 845. The zero-order chi connectivity index (χ0) is 22.1. The van der Waals surface area contributed by atoms with Crippen LogP contribution < -0.4 is 5.73 Å². The van der Waals surface area contributed by atoms with Crippen molar-refractivity contribution in [2.75, 3.05) is 19.8 Å². The van der Waals surface area contributed by atoms with Crippen LogP contribution in [0.3, 0.4) is 0 Å². The standard InChI is InChI=1S/C22H33N3O5/c1-5-29-20(26)14-28-12-8-6-7-11-25-19(22(27)30-15(2)3)13-17-9-10-18(16(4)23)24-21(17)25/h9-10,13,15-16H,5-8,11-12,14,23H2,1-4H3/t16-/m1/s1. The van der Waals surface area contributed by atoms with Crippen LogP contribution in [0, 0.1) is 0 Å². The number of aryl methyl sites for hydroxylation is 1. The van der Waals surface area contributed by atoms with Crippen molar-refractivity contribution < 1.29 is 23.8 Å². The monoisotopic (exact) mass is 419 g/mol. The first-order chi connectivity index (χ1) is 14.3. The maximum atomic E-state index is 12.6. The second kappa shape index (κ2) is 11.7. The highest BCUT2D eigenvalue weighted by Gasteiger charge is 2.19. The number of pyridine rings is 1. The highest BCUT2D eigenvalue weighted by atomic mass is 16.6. The van der Waals surface area contributed by atoms with E-state index in [1.807, 2.05) is 43.5 Å². The van der Waals surface area contributed by atoms with Gasteiger partial charge in [0.25, 0.3) is 0 Å². The van der Waals surface area contributed by atoms with Gasteiger partial charge in [-0.1, -0.05) is 0 Å². The van der Waals surface area contributed by atoms with Crippen LogP contribution in [-0.4, -0.2) is 47.4 Å². The molecule has 0 bridgehead atoms. The Morgan fingerprint density at radius 1 is 1.17 bits per heavy atom. The largest absolute Gasteiger partial charge is 0.464 e. The van der Waals surface area contributed by atoms with E-state index in [0.29, 0.717) is 25.5 Å². The molecule has 0 aromatic carbocycles. The van der Waals surface area contributed by atoms with Crippen molar-refractivity contribution in [3.63, 3.8) is 0 Å². The molecule has 0 saturated heterocycles. The molecular formula is C22H33N3O5. The number of fused-ring (bicyclic) bond motifs is 1. The number of hydrogen-bond acceptors (Lipinski definition) is 7. The molecule has 2 aromatic heterocycles. The van der Waals surface area contributed by atoms with Gasteiger partial charge < -0.3 is 24.5 Å². The Labute approximate surface area is 177 Å². The summed E-state index contributed by atoms with van der Waals surface area (Å²) in [6.45, 7) is 8.74. The Hall–Kier alpha value is -2.45. The molecule has 0 fully saturated rings. The lowest BCUT2D eigenvalue weighted by Gasteiger charge is -2.12. The molecule has 2 N–H and O–H groups in total. The van der Waals surface area contributed by atoms with Crippen LogP contribution in [0.1, 0.15) is 69.2 Å². The molecule has 0 amide bonds. The van der Waals surface area contributed by atoms with Crippen LogP contribution in [0.2, 0.25) is 0 Å². The molecule has 8 nitrogen and oxygen atoms in total. The predicted octanol–water partition coefficient (Wildman–Crippen LogP) is 3.37. The average molecular weight is 420 g/mol. The van der Waals surface area contributed by atoms with Gasteiger partial charge in [0.1, 0.15) is 17.9 Å². The summed E-state index contributed by atoms with van der Waals surface area (Å²) in [6.07, 6.45) is 2.32. The van der Waals surface area contributed by atoms with Crippen molar-refractivity contribution >= 4 is 23.0 Å². The van der Waals surface area contributed by atoms with E-state index in [-0.39, 0.29) is 30.7 Å². The zero-order valence-electron chi connectivity index (χ0n) is 18.3. The third-order valence-corrected chi connectivity index (χ3v) is 4.48. The third kappa shape index (κ3) is 6.81. The van der Waals surface area contributed by atoms with Gasteiger partial charge in [0.2, 0.25) is 0 Å². The van der Waals surface area contributed by atoms with E-state index in [1.54, 1.807) is 6.92 Å². The lowest BCUT2D eigenvalue weighted by atomic mass is 10.2. The maximum absolute atomic E-state index is 12.6. The van der Waals surface area contributed by atoms with Crippen molar-refractivity contribution in [3.05, 3.63) is 29.6 Å². The number of hydrogen-bond donors (Lipinski definition) is 1. The van der Waals surface area contributed by atoms with Crippen molar-refractivity contribution in [2.24, 2.45) is 5.73 Å². The summed E-state index contributed by atoms with van der Waals surface area (Å²) in [6, 6.07) is 5.45. The fourth-order valence-corrected chi connectivity index (χ4v) is 3.07. The Kier molecular flexibility index (Phi) is 9.26. The molecule has 0 radical (unpaired) electrons. The summed E-state index contributed by atoms with van der Waals surface area (Å²) in [5, 5.41) is 0.882. The molecule has 2 heterocycles. The van der Waals surface area contributed by atoms with Crippen molar-refractivity contribution in [1.29, 1.82) is 0 Å². The molecule has 0 saturated carbocycles. The zero-order valence-corrected chi connectivity index (χ0v) is 18.3. The Balaban J connectivity index is 2.03. The second-order valence-corrected chi connectivity index (χ2v) is 7.49. The van der Waals surface area contributed by atoms with E-state index in [9.17, 15) is 9.59 Å². The number of nitrogens with two attached hydrogens (primary N) is 1. The maximum Gasteiger partial charge on any atom is 0.355 e. The molecule has 2 rings (SSSR count). The molecule has 0 aliphatic rings. The second-order valence-electron chi connectivity index (χ2n) is 7.49. The van der Waals surface area contributed by atoms with Gasteiger partial charge in [-0.3, -0.25) is 0 Å². The van der Waals surface area contributed by atoms with Gasteiger partial charge in [-0.05, 0) is 65.2 Å². The number of rotatable bonds is 12. The summed E-state index contributed by atoms with van der Waals surface area (Å²) in [7, 11) is 0. The normalized spacial score (nSPS) is 12.3. The summed E-state index contributed by atoms with van der Waals surface area (Å²) < 4.78 is 17.5. The number of esters is 2. The van der Waals surface area contributed by atoms with E-state index in [2.05, 4.69) is 4.98 Å². The number of carbonyl (C=O) groups is 2. The molecule has 0 unspecified atom stereocenters. The minimum absolute atomic E-state index is 0.0226. The summed E-state index contributed by atoms with van der Waals surface area (Å²) in [5.41, 5.74) is 7.99. The smallest absolute Gasteiger partial charge is 0.355 e. The topological polar surface area (TPSA) is 106 Å². The van der Waals surface area contributed by atoms with Crippen molar-refractivity contribution in [2.45, 2.75) is 65.6 Å². The van der Waals surface area contributed by atoms with E-state index >= 15 is 0 Å². The van der Waals surface area contributed by atoms with Gasteiger partial charge in [-0.15, -0.1) is 0 Å². The Morgan fingerprint density at radius 2 is 1.93 bits per heavy atom.